The van der Waals surface area contributed by atoms with Crippen LogP contribution in [0.1, 0.15) is 17.3 Å². The Balaban J connectivity index is 2.77. The van der Waals surface area contributed by atoms with E-state index in [4.69, 9.17) is 0 Å². The Kier molecular flexibility index (Phi) is 3.05. The minimum atomic E-state index is 0.0499. The van der Waals surface area contributed by atoms with E-state index >= 15 is 0 Å². The lowest BCUT2D eigenvalue weighted by Gasteiger charge is -1.95. The van der Waals surface area contributed by atoms with Crippen molar-refractivity contribution in [3.63, 3.8) is 0 Å². The van der Waals surface area contributed by atoms with Gasteiger partial charge in [-0.1, -0.05) is 23.9 Å². The van der Waals surface area contributed by atoms with Crippen LogP contribution in [0.25, 0.3) is 0 Å². The van der Waals surface area contributed by atoms with Gasteiger partial charge in [0.05, 0.1) is 0 Å². The molecule has 1 rings (SSSR count). The Labute approximate surface area is 75.0 Å². The summed E-state index contributed by atoms with van der Waals surface area (Å²) in [5.41, 5.74) is 0.628. The lowest BCUT2D eigenvalue weighted by molar-refractivity contribution is -0.109. The average molecular weight is 180 g/mol. The molecule has 0 atom stereocenters. The third-order valence-corrected chi connectivity index (χ3v) is 2.07. The Morgan fingerprint density at radius 3 is 2.33 bits per heavy atom. The predicted octanol–water partition coefficient (Wildman–Crippen LogP) is 2.14. The van der Waals surface area contributed by atoms with E-state index in [-0.39, 0.29) is 5.12 Å². The summed E-state index contributed by atoms with van der Waals surface area (Å²) in [5.74, 6) is 0. The molecule has 0 spiro atoms. The lowest BCUT2D eigenvalue weighted by atomic mass is 10.2. The monoisotopic (exact) mass is 180 g/mol. The molecule has 0 saturated carbocycles. The van der Waals surface area contributed by atoms with Gasteiger partial charge in [-0.05, 0) is 12.1 Å². The first kappa shape index (κ1) is 9.00. The van der Waals surface area contributed by atoms with Gasteiger partial charge in [-0.2, -0.15) is 0 Å². The van der Waals surface area contributed by atoms with Crippen molar-refractivity contribution in [3.05, 3.63) is 29.8 Å². The van der Waals surface area contributed by atoms with Gasteiger partial charge in [-0.25, -0.2) is 0 Å². The summed E-state index contributed by atoms with van der Waals surface area (Å²) in [6.45, 7) is 1.51. The summed E-state index contributed by atoms with van der Waals surface area (Å²) in [6, 6.07) is 6.90. The van der Waals surface area contributed by atoms with E-state index in [1.165, 1.54) is 6.92 Å². The van der Waals surface area contributed by atoms with E-state index in [1.54, 1.807) is 24.3 Å². The van der Waals surface area contributed by atoms with Crippen LogP contribution >= 0.6 is 11.8 Å². The highest BCUT2D eigenvalue weighted by molar-refractivity contribution is 8.13. The molecule has 0 heterocycles. The molecule has 2 nitrogen and oxygen atoms in total. The highest BCUT2D eigenvalue weighted by Gasteiger charge is 1.97. The molecule has 0 unspecified atom stereocenters. The molecule has 0 amide bonds. The third kappa shape index (κ3) is 2.51. The van der Waals surface area contributed by atoms with Crippen molar-refractivity contribution in [3.8, 4) is 0 Å². The summed E-state index contributed by atoms with van der Waals surface area (Å²) in [5, 5.41) is 0.0499. The van der Waals surface area contributed by atoms with Crippen molar-refractivity contribution in [2.45, 2.75) is 11.8 Å². The normalized spacial score (nSPS) is 9.42. The second kappa shape index (κ2) is 4.07. The molecule has 0 bridgehead atoms. The van der Waals surface area contributed by atoms with E-state index in [0.717, 1.165) is 22.9 Å². The first-order valence-corrected chi connectivity index (χ1v) is 4.27. The van der Waals surface area contributed by atoms with Crippen molar-refractivity contribution in [1.82, 2.24) is 0 Å². The summed E-state index contributed by atoms with van der Waals surface area (Å²) in [6.07, 6.45) is 0.780. The molecular formula is C9H8O2S. The number of hydrogen-bond acceptors (Lipinski definition) is 3. The number of aldehydes is 1. The smallest absolute Gasteiger partial charge is 0.190 e. The Hall–Kier alpha value is -1.09. The molecular weight excluding hydrogens is 172 g/mol. The molecule has 0 fully saturated rings. The molecule has 0 saturated heterocycles. The fourth-order valence-corrected chi connectivity index (χ4v) is 1.38. The van der Waals surface area contributed by atoms with Gasteiger partial charge >= 0.3 is 0 Å². The van der Waals surface area contributed by atoms with Crippen molar-refractivity contribution in [1.29, 1.82) is 0 Å². The number of benzene rings is 1. The summed E-state index contributed by atoms with van der Waals surface area (Å²) in [7, 11) is 0. The van der Waals surface area contributed by atoms with Crippen LogP contribution < -0.4 is 0 Å². The molecule has 12 heavy (non-hydrogen) atoms. The summed E-state index contributed by atoms with van der Waals surface area (Å²) in [4.78, 5) is 21.8. The van der Waals surface area contributed by atoms with Gasteiger partial charge < -0.3 is 0 Å². The minimum absolute atomic E-state index is 0.0499. The quantitative estimate of drug-likeness (QED) is 0.516. The molecule has 3 heteroatoms. The van der Waals surface area contributed by atoms with E-state index in [0.29, 0.717) is 5.56 Å². The lowest BCUT2D eigenvalue weighted by Crippen LogP contribution is -1.82. The molecule has 0 radical (unpaired) electrons. The number of rotatable bonds is 2. The number of carbonyl (C=O) groups is 2. The van der Waals surface area contributed by atoms with Crippen LogP contribution in [0.4, 0.5) is 0 Å². The van der Waals surface area contributed by atoms with Crippen LogP contribution in [0.3, 0.4) is 0 Å². The molecule has 1 aromatic carbocycles. The molecule has 62 valence electrons. The van der Waals surface area contributed by atoms with Crippen LogP contribution in [0.5, 0.6) is 0 Å². The van der Waals surface area contributed by atoms with Gasteiger partial charge in [0.2, 0.25) is 0 Å². The zero-order valence-corrected chi connectivity index (χ0v) is 7.43. The molecule has 0 aromatic heterocycles. The Morgan fingerprint density at radius 1 is 1.33 bits per heavy atom. The van der Waals surface area contributed by atoms with Crippen molar-refractivity contribution < 1.29 is 9.59 Å². The largest absolute Gasteiger partial charge is 0.298 e. The minimum Gasteiger partial charge on any atom is -0.298 e. The van der Waals surface area contributed by atoms with Gasteiger partial charge in [0.1, 0.15) is 6.29 Å². The van der Waals surface area contributed by atoms with Crippen LogP contribution in [0.2, 0.25) is 0 Å². The van der Waals surface area contributed by atoms with Crippen molar-refractivity contribution in [2.75, 3.05) is 0 Å². The summed E-state index contributed by atoms with van der Waals surface area (Å²) < 4.78 is 0. The van der Waals surface area contributed by atoms with Gasteiger partial charge in [0.15, 0.2) is 5.12 Å². The van der Waals surface area contributed by atoms with E-state index in [1.807, 2.05) is 0 Å². The van der Waals surface area contributed by atoms with Crippen LogP contribution in [-0.4, -0.2) is 11.4 Å². The van der Waals surface area contributed by atoms with Crippen molar-refractivity contribution in [2.24, 2.45) is 0 Å². The average Bonchev–Trinajstić information content (AvgIpc) is 2.05. The topological polar surface area (TPSA) is 34.1 Å². The fraction of sp³-hybridized carbons (Fsp3) is 0.111. The maximum atomic E-state index is 10.7. The second-order valence-corrected chi connectivity index (χ2v) is 3.53. The standard InChI is InChI=1S/C9H8O2S/c1-7(11)12-9-4-2-8(6-10)3-5-9/h2-6H,1H3. The molecule has 0 aliphatic heterocycles. The van der Waals surface area contributed by atoms with Gasteiger partial charge in [-0.3, -0.25) is 9.59 Å². The molecule has 0 aliphatic carbocycles. The first-order valence-electron chi connectivity index (χ1n) is 3.46. The van der Waals surface area contributed by atoms with E-state index < -0.39 is 0 Å². The van der Waals surface area contributed by atoms with Crippen LogP contribution in [0.15, 0.2) is 29.2 Å². The van der Waals surface area contributed by atoms with Gasteiger partial charge in [0.25, 0.3) is 0 Å². The van der Waals surface area contributed by atoms with Crippen molar-refractivity contribution >= 4 is 23.2 Å². The number of thioether (sulfide) groups is 1. The van der Waals surface area contributed by atoms with E-state index in [9.17, 15) is 9.59 Å². The van der Waals surface area contributed by atoms with Gasteiger partial charge in [0, 0.05) is 17.4 Å². The fourth-order valence-electron chi connectivity index (χ4n) is 0.780. The highest BCUT2D eigenvalue weighted by Crippen LogP contribution is 2.18. The zero-order valence-electron chi connectivity index (χ0n) is 6.61. The number of carbonyl (C=O) groups excluding carboxylic acids is 2. The Morgan fingerprint density at radius 2 is 1.92 bits per heavy atom. The maximum absolute atomic E-state index is 10.7. The highest BCUT2D eigenvalue weighted by atomic mass is 32.2. The Bertz CT molecular complexity index is 290. The first-order chi connectivity index (χ1) is 5.72. The van der Waals surface area contributed by atoms with Crippen LogP contribution in [-0.2, 0) is 4.79 Å². The second-order valence-electron chi connectivity index (χ2n) is 2.28. The maximum Gasteiger partial charge on any atom is 0.190 e. The predicted molar refractivity (Wildman–Crippen MR) is 48.4 cm³/mol. The van der Waals surface area contributed by atoms with E-state index in [2.05, 4.69) is 0 Å². The van der Waals surface area contributed by atoms with Crippen LogP contribution in [0, 0.1) is 0 Å². The SMILES string of the molecule is CC(=O)Sc1ccc(C=O)cc1. The molecule has 0 N–H and O–H groups in total. The number of hydrogen-bond donors (Lipinski definition) is 0. The van der Waals surface area contributed by atoms with Gasteiger partial charge in [-0.15, -0.1) is 0 Å². The molecule has 1 aromatic rings. The zero-order chi connectivity index (χ0) is 8.97. The third-order valence-electron chi connectivity index (χ3n) is 1.28. The molecule has 0 aliphatic rings. The summed E-state index contributed by atoms with van der Waals surface area (Å²) >= 11 is 1.16.